The van der Waals surface area contributed by atoms with Crippen LogP contribution in [0.1, 0.15) is 12.0 Å². The fourth-order valence-electron chi connectivity index (χ4n) is 1.73. The van der Waals surface area contributed by atoms with Crippen LogP contribution >= 0.6 is 0 Å². The molecule has 1 unspecified atom stereocenters. The first-order chi connectivity index (χ1) is 7.23. The van der Waals surface area contributed by atoms with Gasteiger partial charge in [-0.25, -0.2) is 0 Å². The monoisotopic (exact) mass is 201 g/mol. The molecule has 0 fully saturated rings. The number of hydrogen-bond donors (Lipinski definition) is 1. The van der Waals surface area contributed by atoms with Gasteiger partial charge in [0.2, 0.25) is 0 Å². The second kappa shape index (κ2) is 4.01. The third kappa shape index (κ3) is 2.17. The molecule has 2 N–H and O–H groups in total. The van der Waals surface area contributed by atoms with Crippen molar-refractivity contribution in [2.75, 3.05) is 7.11 Å². The lowest BCUT2D eigenvalue weighted by Crippen LogP contribution is -2.40. The summed E-state index contributed by atoms with van der Waals surface area (Å²) >= 11 is 0. The highest BCUT2D eigenvalue weighted by Gasteiger charge is 2.24. The van der Waals surface area contributed by atoms with Gasteiger partial charge in [-0.05, 0) is 17.2 Å². The van der Waals surface area contributed by atoms with E-state index in [9.17, 15) is 0 Å². The highest BCUT2D eigenvalue weighted by Crippen LogP contribution is 2.28. The van der Waals surface area contributed by atoms with Gasteiger partial charge in [0, 0.05) is 13.5 Å². The molecule has 0 radical (unpaired) electrons. The molecular formula is C13H15NO. The van der Waals surface area contributed by atoms with Crippen LogP contribution in [0.15, 0.2) is 48.6 Å². The Bertz CT molecular complexity index is 394. The minimum absolute atomic E-state index is 0.653. The Morgan fingerprint density at radius 2 is 2.00 bits per heavy atom. The summed E-state index contributed by atoms with van der Waals surface area (Å²) in [6.45, 7) is 0. The summed E-state index contributed by atoms with van der Waals surface area (Å²) in [4.78, 5) is 0. The van der Waals surface area contributed by atoms with Crippen molar-refractivity contribution >= 4 is 5.57 Å². The molecule has 0 aliphatic heterocycles. The number of benzene rings is 1. The molecule has 0 bridgehead atoms. The van der Waals surface area contributed by atoms with Gasteiger partial charge in [0.1, 0.15) is 5.72 Å². The average molecular weight is 201 g/mol. The van der Waals surface area contributed by atoms with E-state index in [-0.39, 0.29) is 0 Å². The van der Waals surface area contributed by atoms with Crippen molar-refractivity contribution in [2.24, 2.45) is 5.73 Å². The van der Waals surface area contributed by atoms with Crippen molar-refractivity contribution in [2.45, 2.75) is 12.1 Å². The summed E-state index contributed by atoms with van der Waals surface area (Å²) in [6, 6.07) is 10.2. The van der Waals surface area contributed by atoms with Crippen molar-refractivity contribution in [3.05, 3.63) is 54.1 Å². The van der Waals surface area contributed by atoms with Gasteiger partial charge in [-0.15, -0.1) is 0 Å². The number of allylic oxidation sites excluding steroid dienone is 2. The molecule has 2 heteroatoms. The fraction of sp³-hybridized carbons (Fsp3) is 0.231. The third-order valence-electron chi connectivity index (χ3n) is 2.67. The van der Waals surface area contributed by atoms with Gasteiger partial charge in [0.15, 0.2) is 0 Å². The molecule has 1 atom stereocenters. The Hall–Kier alpha value is -1.38. The van der Waals surface area contributed by atoms with E-state index in [2.05, 4.69) is 18.2 Å². The van der Waals surface area contributed by atoms with Gasteiger partial charge >= 0.3 is 0 Å². The molecule has 2 rings (SSSR count). The topological polar surface area (TPSA) is 35.2 Å². The summed E-state index contributed by atoms with van der Waals surface area (Å²) in [5.74, 6) is 0. The van der Waals surface area contributed by atoms with E-state index in [1.165, 1.54) is 11.1 Å². The highest BCUT2D eigenvalue weighted by molar-refractivity contribution is 5.69. The van der Waals surface area contributed by atoms with Gasteiger partial charge in [0.25, 0.3) is 0 Å². The van der Waals surface area contributed by atoms with Crippen LogP contribution in [0, 0.1) is 0 Å². The van der Waals surface area contributed by atoms with Gasteiger partial charge in [-0.2, -0.15) is 0 Å². The van der Waals surface area contributed by atoms with Crippen LogP contribution in [0.3, 0.4) is 0 Å². The van der Waals surface area contributed by atoms with Crippen molar-refractivity contribution in [1.82, 2.24) is 0 Å². The Balaban J connectivity index is 2.26. The van der Waals surface area contributed by atoms with Crippen LogP contribution < -0.4 is 5.73 Å². The number of rotatable bonds is 2. The summed E-state index contributed by atoms with van der Waals surface area (Å²) in [5.41, 5.74) is 7.80. The summed E-state index contributed by atoms with van der Waals surface area (Å²) in [5, 5.41) is 0. The number of ether oxygens (including phenoxy) is 1. The lowest BCUT2D eigenvalue weighted by atomic mass is 9.92. The molecule has 1 aliphatic carbocycles. The zero-order valence-electron chi connectivity index (χ0n) is 8.81. The predicted octanol–water partition coefficient (Wildman–Crippen LogP) is 2.33. The molecule has 0 saturated carbocycles. The van der Waals surface area contributed by atoms with Crippen molar-refractivity contribution in [3.63, 3.8) is 0 Å². The predicted molar refractivity (Wildman–Crippen MR) is 62.1 cm³/mol. The zero-order chi connectivity index (χ0) is 10.7. The summed E-state index contributed by atoms with van der Waals surface area (Å²) in [7, 11) is 1.64. The van der Waals surface area contributed by atoms with Crippen LogP contribution in [0.4, 0.5) is 0 Å². The smallest absolute Gasteiger partial charge is 0.139 e. The van der Waals surface area contributed by atoms with E-state index in [0.29, 0.717) is 6.42 Å². The van der Waals surface area contributed by atoms with Gasteiger partial charge in [-0.3, -0.25) is 5.73 Å². The lowest BCUT2D eigenvalue weighted by molar-refractivity contribution is 0.0417. The molecule has 0 spiro atoms. The first-order valence-corrected chi connectivity index (χ1v) is 5.01. The minimum Gasteiger partial charge on any atom is -0.360 e. The SMILES string of the molecule is COC1(N)C=CC=C(c2ccccc2)C1. The maximum atomic E-state index is 6.04. The second-order valence-corrected chi connectivity index (χ2v) is 3.75. The van der Waals surface area contributed by atoms with E-state index in [1.54, 1.807) is 7.11 Å². The number of nitrogens with two attached hydrogens (primary N) is 1. The van der Waals surface area contributed by atoms with E-state index in [4.69, 9.17) is 10.5 Å². The molecular weight excluding hydrogens is 186 g/mol. The molecule has 1 aliphatic rings. The highest BCUT2D eigenvalue weighted by atomic mass is 16.5. The Morgan fingerprint density at radius 3 is 2.67 bits per heavy atom. The maximum Gasteiger partial charge on any atom is 0.139 e. The molecule has 1 aromatic rings. The molecule has 15 heavy (non-hydrogen) atoms. The molecule has 0 amide bonds. The third-order valence-corrected chi connectivity index (χ3v) is 2.67. The van der Waals surface area contributed by atoms with E-state index < -0.39 is 5.72 Å². The van der Waals surface area contributed by atoms with Crippen LogP contribution in [0.25, 0.3) is 5.57 Å². The van der Waals surface area contributed by atoms with E-state index in [1.807, 2.05) is 30.4 Å². The summed E-state index contributed by atoms with van der Waals surface area (Å²) in [6.07, 6.45) is 6.64. The molecule has 0 heterocycles. The lowest BCUT2D eigenvalue weighted by Gasteiger charge is -2.28. The standard InChI is InChI=1S/C13H15NO/c1-15-13(14)9-5-8-12(10-13)11-6-3-2-4-7-11/h2-9H,10,14H2,1H3. The maximum absolute atomic E-state index is 6.04. The molecule has 1 aromatic carbocycles. The van der Waals surface area contributed by atoms with Crippen molar-refractivity contribution < 1.29 is 4.74 Å². The first kappa shape index (κ1) is 10.1. The van der Waals surface area contributed by atoms with Crippen LogP contribution in [-0.4, -0.2) is 12.8 Å². The minimum atomic E-state index is -0.653. The molecule has 0 aromatic heterocycles. The van der Waals surface area contributed by atoms with Crippen molar-refractivity contribution in [3.8, 4) is 0 Å². The van der Waals surface area contributed by atoms with Gasteiger partial charge in [0.05, 0.1) is 0 Å². The van der Waals surface area contributed by atoms with Gasteiger partial charge in [-0.1, -0.05) is 42.5 Å². The van der Waals surface area contributed by atoms with Crippen LogP contribution in [0.2, 0.25) is 0 Å². The van der Waals surface area contributed by atoms with Gasteiger partial charge < -0.3 is 4.74 Å². The second-order valence-electron chi connectivity index (χ2n) is 3.75. The van der Waals surface area contributed by atoms with E-state index in [0.717, 1.165) is 0 Å². The molecule has 2 nitrogen and oxygen atoms in total. The fourth-order valence-corrected chi connectivity index (χ4v) is 1.73. The largest absolute Gasteiger partial charge is 0.360 e. The average Bonchev–Trinajstić information content (AvgIpc) is 2.30. The summed E-state index contributed by atoms with van der Waals surface area (Å²) < 4.78 is 5.28. The molecule has 78 valence electrons. The number of methoxy groups -OCH3 is 1. The Morgan fingerprint density at radius 1 is 1.27 bits per heavy atom. The first-order valence-electron chi connectivity index (χ1n) is 5.01. The van der Waals surface area contributed by atoms with Crippen molar-refractivity contribution in [1.29, 1.82) is 0 Å². The molecule has 0 saturated heterocycles. The van der Waals surface area contributed by atoms with Crippen LogP contribution in [-0.2, 0) is 4.74 Å². The van der Waals surface area contributed by atoms with Crippen LogP contribution in [0.5, 0.6) is 0 Å². The Kier molecular flexibility index (Phi) is 2.71. The number of hydrogen-bond acceptors (Lipinski definition) is 2. The van der Waals surface area contributed by atoms with E-state index >= 15 is 0 Å². The Labute approximate surface area is 90.1 Å². The zero-order valence-corrected chi connectivity index (χ0v) is 8.81. The normalized spacial score (nSPS) is 25.1. The quantitative estimate of drug-likeness (QED) is 0.745.